The lowest BCUT2D eigenvalue weighted by molar-refractivity contribution is -0.0217. The zero-order valence-corrected chi connectivity index (χ0v) is 33.4. The first-order valence-electron chi connectivity index (χ1n) is 19.7. The van der Waals surface area contributed by atoms with Gasteiger partial charge in [0.1, 0.15) is 11.3 Å². The standard InChI is InChI=1S/C43H54N8O5/c1-29-35(27-45-51(29)34-18-22-48(23-19-34)41(55)56-42(2,3)4)38(52)46-33-14-10-30(11-15-33)26-44-39(53)36-16-17-37-43(20-7-21-43)49(24-25-50(36)37)28-31-8-12-32(13-9-31)40(54)47(5)6/h8-17,27,34H,7,18-26,28H2,1-6H3,(H,44,53)(H,46,52). The maximum absolute atomic E-state index is 13.5. The van der Waals surface area contributed by atoms with E-state index in [2.05, 4.69) is 43.4 Å². The maximum atomic E-state index is 13.5. The van der Waals surface area contributed by atoms with E-state index in [9.17, 15) is 19.2 Å². The molecule has 56 heavy (non-hydrogen) atoms. The number of hydrogen-bond donors (Lipinski definition) is 2. The Morgan fingerprint density at radius 1 is 0.875 bits per heavy atom. The predicted octanol–water partition coefficient (Wildman–Crippen LogP) is 6.34. The van der Waals surface area contributed by atoms with E-state index < -0.39 is 5.60 Å². The quantitative estimate of drug-likeness (QED) is 0.203. The molecule has 2 aromatic carbocycles. The van der Waals surface area contributed by atoms with Gasteiger partial charge < -0.3 is 29.7 Å². The number of benzene rings is 2. The average Bonchev–Trinajstić information content (AvgIpc) is 3.77. The van der Waals surface area contributed by atoms with Crippen molar-refractivity contribution in [2.24, 2.45) is 0 Å². The maximum Gasteiger partial charge on any atom is 0.410 e. The molecule has 2 N–H and O–H groups in total. The average molecular weight is 763 g/mol. The van der Waals surface area contributed by atoms with E-state index in [0.717, 1.165) is 63.0 Å². The number of carbonyl (C=O) groups is 4. The van der Waals surface area contributed by atoms with Crippen molar-refractivity contribution in [3.63, 3.8) is 0 Å². The summed E-state index contributed by atoms with van der Waals surface area (Å²) < 4.78 is 9.61. The van der Waals surface area contributed by atoms with Crippen molar-refractivity contribution in [3.05, 3.63) is 106 Å². The van der Waals surface area contributed by atoms with Gasteiger partial charge in [0.25, 0.3) is 17.7 Å². The zero-order chi connectivity index (χ0) is 39.8. The minimum absolute atomic E-state index is 0.00183. The Kier molecular flexibility index (Phi) is 10.8. The van der Waals surface area contributed by atoms with Crippen LogP contribution in [0, 0.1) is 6.92 Å². The Bertz CT molecular complexity index is 2080. The van der Waals surface area contributed by atoms with E-state index in [1.54, 1.807) is 30.1 Å². The Balaban J connectivity index is 0.916. The molecule has 0 bridgehead atoms. The third kappa shape index (κ3) is 7.95. The molecule has 1 aliphatic carbocycles. The molecule has 0 atom stereocenters. The van der Waals surface area contributed by atoms with E-state index in [1.165, 1.54) is 11.3 Å². The van der Waals surface area contributed by atoms with E-state index in [-0.39, 0.29) is 35.4 Å². The fraction of sp³-hybridized carbons (Fsp3) is 0.465. The Morgan fingerprint density at radius 3 is 2.18 bits per heavy atom. The summed E-state index contributed by atoms with van der Waals surface area (Å²) in [5, 5.41) is 10.6. The van der Waals surface area contributed by atoms with Gasteiger partial charge in [-0.25, -0.2) is 4.79 Å². The van der Waals surface area contributed by atoms with Crippen molar-refractivity contribution in [1.82, 2.24) is 34.4 Å². The molecule has 296 valence electrons. The molecule has 2 fully saturated rings. The van der Waals surface area contributed by atoms with E-state index in [0.29, 0.717) is 42.1 Å². The minimum atomic E-state index is -0.536. The molecule has 7 rings (SSSR count). The number of nitrogens with zero attached hydrogens (tertiary/aromatic N) is 6. The smallest absolute Gasteiger partial charge is 0.410 e. The third-order valence-corrected chi connectivity index (χ3v) is 11.5. The van der Waals surface area contributed by atoms with Crippen molar-refractivity contribution in [2.75, 3.05) is 39.0 Å². The van der Waals surface area contributed by atoms with Crippen LogP contribution in [0.5, 0.6) is 0 Å². The van der Waals surface area contributed by atoms with Crippen LogP contribution in [0.3, 0.4) is 0 Å². The predicted molar refractivity (Wildman–Crippen MR) is 213 cm³/mol. The number of amides is 4. The number of fused-ring (bicyclic) bond motifs is 2. The van der Waals surface area contributed by atoms with Gasteiger partial charge in [-0.1, -0.05) is 24.3 Å². The number of piperidine rings is 1. The lowest BCUT2D eigenvalue weighted by atomic mass is 9.71. The topological polar surface area (TPSA) is 134 Å². The lowest BCUT2D eigenvalue weighted by Crippen LogP contribution is -2.56. The first-order chi connectivity index (χ1) is 26.7. The number of likely N-dealkylation sites (tertiary alicyclic amines) is 1. The number of anilines is 1. The van der Waals surface area contributed by atoms with Crippen LogP contribution in [0.1, 0.15) is 113 Å². The van der Waals surface area contributed by atoms with Gasteiger partial charge in [-0.05, 0) is 107 Å². The molecule has 0 unspecified atom stereocenters. The van der Waals surface area contributed by atoms with Gasteiger partial charge in [0.2, 0.25) is 0 Å². The zero-order valence-electron chi connectivity index (χ0n) is 33.4. The van der Waals surface area contributed by atoms with Gasteiger partial charge in [-0.15, -0.1) is 0 Å². The number of nitrogens with one attached hydrogen (secondary N) is 2. The molecule has 4 amide bonds. The van der Waals surface area contributed by atoms with Gasteiger partial charge >= 0.3 is 6.09 Å². The summed E-state index contributed by atoms with van der Waals surface area (Å²) in [5.74, 6) is -0.352. The molecule has 2 aliphatic heterocycles. The molecule has 1 saturated carbocycles. The van der Waals surface area contributed by atoms with E-state index >= 15 is 0 Å². The molecule has 4 aromatic rings. The van der Waals surface area contributed by atoms with Crippen LogP contribution >= 0.6 is 0 Å². The van der Waals surface area contributed by atoms with Gasteiger partial charge in [0, 0.05) is 76.0 Å². The van der Waals surface area contributed by atoms with Crippen LogP contribution in [0.4, 0.5) is 10.5 Å². The van der Waals surface area contributed by atoms with Gasteiger partial charge in [0.15, 0.2) is 0 Å². The number of aromatic nitrogens is 3. The number of carbonyl (C=O) groups excluding carboxylic acids is 4. The fourth-order valence-electron chi connectivity index (χ4n) is 8.27. The SMILES string of the molecule is Cc1c(C(=O)Nc2ccc(CNC(=O)c3ccc4n3CCN(Cc3ccc(C(=O)N(C)C)cc3)C43CCC3)cc2)cnn1C1CCN(C(=O)OC(C)(C)C)CC1. The highest BCUT2D eigenvalue weighted by atomic mass is 16.6. The van der Waals surface area contributed by atoms with Crippen LogP contribution in [0.25, 0.3) is 0 Å². The van der Waals surface area contributed by atoms with Crippen molar-refractivity contribution in [2.45, 2.75) is 96.6 Å². The van der Waals surface area contributed by atoms with Crippen LogP contribution in [-0.2, 0) is 29.9 Å². The summed E-state index contributed by atoms with van der Waals surface area (Å²) in [5.41, 5.74) is 5.96. The van der Waals surface area contributed by atoms with E-state index in [4.69, 9.17) is 4.74 Å². The monoisotopic (exact) mass is 762 g/mol. The van der Waals surface area contributed by atoms with Gasteiger partial charge in [-0.2, -0.15) is 5.10 Å². The minimum Gasteiger partial charge on any atom is -0.444 e. The molecule has 4 heterocycles. The normalized spacial score (nSPS) is 16.9. The Hall–Kier alpha value is -5.43. The summed E-state index contributed by atoms with van der Waals surface area (Å²) in [6, 6.07) is 19.6. The van der Waals surface area contributed by atoms with Crippen LogP contribution in [0.2, 0.25) is 0 Å². The summed E-state index contributed by atoms with van der Waals surface area (Å²) in [4.78, 5) is 57.5. The summed E-state index contributed by atoms with van der Waals surface area (Å²) in [6.07, 6.45) is 6.02. The van der Waals surface area contributed by atoms with Crippen molar-refractivity contribution < 1.29 is 23.9 Å². The second-order valence-electron chi connectivity index (χ2n) is 16.6. The van der Waals surface area contributed by atoms with E-state index in [1.807, 2.05) is 74.8 Å². The highest BCUT2D eigenvalue weighted by Crippen LogP contribution is 2.49. The fourth-order valence-corrected chi connectivity index (χ4v) is 8.27. The van der Waals surface area contributed by atoms with Crippen molar-refractivity contribution in [1.29, 1.82) is 0 Å². The molecule has 2 aromatic heterocycles. The summed E-state index contributed by atoms with van der Waals surface area (Å²) in [7, 11) is 3.52. The van der Waals surface area contributed by atoms with Crippen LogP contribution in [0.15, 0.2) is 66.9 Å². The molecule has 13 nitrogen and oxygen atoms in total. The first kappa shape index (κ1) is 38.8. The van der Waals surface area contributed by atoms with Gasteiger partial charge in [0.05, 0.1) is 23.3 Å². The molecule has 0 radical (unpaired) electrons. The third-order valence-electron chi connectivity index (χ3n) is 11.5. The van der Waals surface area contributed by atoms with Gasteiger partial charge in [-0.3, -0.25) is 24.0 Å². The first-order valence-corrected chi connectivity index (χ1v) is 19.7. The van der Waals surface area contributed by atoms with Crippen LogP contribution < -0.4 is 10.6 Å². The number of rotatable bonds is 9. The van der Waals surface area contributed by atoms with Crippen molar-refractivity contribution in [3.8, 4) is 0 Å². The second kappa shape index (κ2) is 15.6. The molecular formula is C43H54N8O5. The Labute approximate surface area is 329 Å². The number of hydrogen-bond acceptors (Lipinski definition) is 7. The van der Waals surface area contributed by atoms with Crippen molar-refractivity contribution >= 4 is 29.5 Å². The highest BCUT2D eigenvalue weighted by Gasteiger charge is 2.48. The molecule has 1 spiro atoms. The lowest BCUT2D eigenvalue weighted by Gasteiger charge is -2.53. The second-order valence-corrected chi connectivity index (χ2v) is 16.6. The Morgan fingerprint density at radius 2 is 1.55 bits per heavy atom. The molecule has 3 aliphatic rings. The highest BCUT2D eigenvalue weighted by molar-refractivity contribution is 6.05. The summed E-state index contributed by atoms with van der Waals surface area (Å²) >= 11 is 0. The molecule has 13 heteroatoms. The summed E-state index contributed by atoms with van der Waals surface area (Å²) in [6.45, 7) is 11.3. The number of ether oxygens (including phenoxy) is 1. The van der Waals surface area contributed by atoms with Crippen LogP contribution in [-0.4, -0.2) is 92.2 Å². The molecular weight excluding hydrogens is 709 g/mol. The molecule has 1 saturated heterocycles. The largest absolute Gasteiger partial charge is 0.444 e.